The van der Waals surface area contributed by atoms with Gasteiger partial charge in [0.25, 0.3) is 0 Å². The molecule has 0 saturated carbocycles. The van der Waals surface area contributed by atoms with Gasteiger partial charge in [-0.25, -0.2) is 0 Å². The first-order chi connectivity index (χ1) is 6.69. The zero-order chi connectivity index (χ0) is 10.6. The van der Waals surface area contributed by atoms with Gasteiger partial charge in [0.2, 0.25) is 0 Å². The third-order valence-electron chi connectivity index (χ3n) is 2.08. The van der Waals surface area contributed by atoms with Gasteiger partial charge in [-0.3, -0.25) is 0 Å². The molecule has 0 bridgehead atoms. The Balaban J connectivity index is 2.95. The maximum atomic E-state index is 9.03. The number of ether oxygens (including phenoxy) is 1. The van der Waals surface area contributed by atoms with E-state index >= 15 is 0 Å². The van der Waals surface area contributed by atoms with Gasteiger partial charge >= 0.3 is 0 Å². The molecule has 3 heteroatoms. The van der Waals surface area contributed by atoms with Gasteiger partial charge < -0.3 is 9.84 Å². The number of aliphatic hydroxyl groups excluding tert-OH is 1. The molecule has 0 fully saturated rings. The predicted molar refractivity (Wildman–Crippen MR) is 58.1 cm³/mol. The number of halogens is 1. The average Bonchev–Trinajstić information content (AvgIpc) is 2.20. The quantitative estimate of drug-likeness (QED) is 0.835. The van der Waals surface area contributed by atoms with Crippen LogP contribution in [-0.4, -0.2) is 18.3 Å². The number of aliphatic hydroxyl groups is 1. The molecule has 14 heavy (non-hydrogen) atoms. The Morgan fingerprint density at radius 2 is 2.21 bits per heavy atom. The van der Waals surface area contributed by atoms with E-state index < -0.39 is 0 Å². The SMILES string of the molecule is CCOc1ccc(Cl)c(C(C)CO)c1. The molecule has 0 spiro atoms. The number of hydrogen-bond donors (Lipinski definition) is 1. The zero-order valence-corrected chi connectivity index (χ0v) is 9.21. The molecule has 0 heterocycles. The fraction of sp³-hybridized carbons (Fsp3) is 0.455. The van der Waals surface area contributed by atoms with E-state index in [0.29, 0.717) is 11.6 Å². The van der Waals surface area contributed by atoms with E-state index in [4.69, 9.17) is 21.4 Å². The molecule has 1 aromatic rings. The molecule has 1 atom stereocenters. The van der Waals surface area contributed by atoms with Crippen molar-refractivity contribution in [1.82, 2.24) is 0 Å². The lowest BCUT2D eigenvalue weighted by molar-refractivity contribution is 0.272. The molecule has 78 valence electrons. The second-order valence-electron chi connectivity index (χ2n) is 3.20. The molecule has 0 amide bonds. The Labute approximate surface area is 89.5 Å². The average molecular weight is 215 g/mol. The highest BCUT2D eigenvalue weighted by Gasteiger charge is 2.09. The van der Waals surface area contributed by atoms with Crippen LogP contribution in [0.25, 0.3) is 0 Å². The molecule has 0 aromatic heterocycles. The first-order valence-electron chi connectivity index (χ1n) is 4.72. The smallest absolute Gasteiger partial charge is 0.119 e. The van der Waals surface area contributed by atoms with E-state index in [2.05, 4.69) is 0 Å². The fourth-order valence-electron chi connectivity index (χ4n) is 1.25. The van der Waals surface area contributed by atoms with E-state index in [9.17, 15) is 0 Å². The largest absolute Gasteiger partial charge is 0.494 e. The van der Waals surface area contributed by atoms with Crippen molar-refractivity contribution in [2.24, 2.45) is 0 Å². The van der Waals surface area contributed by atoms with Crippen molar-refractivity contribution in [2.75, 3.05) is 13.2 Å². The highest BCUT2D eigenvalue weighted by molar-refractivity contribution is 6.31. The topological polar surface area (TPSA) is 29.5 Å². The van der Waals surface area contributed by atoms with Crippen molar-refractivity contribution in [1.29, 1.82) is 0 Å². The van der Waals surface area contributed by atoms with Crippen LogP contribution in [-0.2, 0) is 0 Å². The van der Waals surface area contributed by atoms with E-state index in [1.165, 1.54) is 0 Å². The first kappa shape index (κ1) is 11.3. The summed E-state index contributed by atoms with van der Waals surface area (Å²) in [6.07, 6.45) is 0. The summed E-state index contributed by atoms with van der Waals surface area (Å²) in [6.45, 7) is 4.59. The van der Waals surface area contributed by atoms with Crippen molar-refractivity contribution in [3.05, 3.63) is 28.8 Å². The maximum absolute atomic E-state index is 9.03. The Morgan fingerprint density at radius 1 is 1.50 bits per heavy atom. The van der Waals surface area contributed by atoms with Gasteiger partial charge in [0, 0.05) is 17.5 Å². The highest BCUT2D eigenvalue weighted by atomic mass is 35.5. The summed E-state index contributed by atoms with van der Waals surface area (Å²) in [7, 11) is 0. The van der Waals surface area contributed by atoms with Crippen molar-refractivity contribution < 1.29 is 9.84 Å². The number of benzene rings is 1. The van der Waals surface area contributed by atoms with Crippen molar-refractivity contribution in [2.45, 2.75) is 19.8 Å². The van der Waals surface area contributed by atoms with Crippen LogP contribution in [0.3, 0.4) is 0 Å². The minimum atomic E-state index is 0.0444. The first-order valence-corrected chi connectivity index (χ1v) is 5.10. The second-order valence-corrected chi connectivity index (χ2v) is 3.61. The molecular weight excluding hydrogens is 200 g/mol. The lowest BCUT2D eigenvalue weighted by Crippen LogP contribution is -2.01. The van der Waals surface area contributed by atoms with Gasteiger partial charge in [-0.15, -0.1) is 0 Å². The number of rotatable bonds is 4. The highest BCUT2D eigenvalue weighted by Crippen LogP contribution is 2.28. The lowest BCUT2D eigenvalue weighted by atomic mass is 10.0. The van der Waals surface area contributed by atoms with Gasteiger partial charge in [0.05, 0.1) is 6.61 Å². The summed E-state index contributed by atoms with van der Waals surface area (Å²) < 4.78 is 5.36. The summed E-state index contributed by atoms with van der Waals surface area (Å²) >= 11 is 6.00. The molecule has 1 N–H and O–H groups in total. The molecule has 0 aliphatic rings. The normalized spacial score (nSPS) is 12.6. The Kier molecular flexibility index (Phi) is 4.23. The maximum Gasteiger partial charge on any atom is 0.119 e. The van der Waals surface area contributed by atoms with E-state index in [0.717, 1.165) is 11.3 Å². The molecular formula is C11H15ClO2. The molecule has 2 nitrogen and oxygen atoms in total. The summed E-state index contributed by atoms with van der Waals surface area (Å²) in [5.74, 6) is 0.843. The van der Waals surface area contributed by atoms with Crippen molar-refractivity contribution in [3.63, 3.8) is 0 Å². The molecule has 1 rings (SSSR count). The summed E-state index contributed by atoms with van der Waals surface area (Å²) in [5, 5.41) is 9.71. The Morgan fingerprint density at radius 3 is 2.79 bits per heavy atom. The third-order valence-corrected chi connectivity index (χ3v) is 2.43. The zero-order valence-electron chi connectivity index (χ0n) is 8.46. The van der Waals surface area contributed by atoms with Crippen LogP contribution in [0.5, 0.6) is 5.75 Å². The van der Waals surface area contributed by atoms with Crippen LogP contribution in [0, 0.1) is 0 Å². The van der Waals surface area contributed by atoms with Crippen LogP contribution in [0.15, 0.2) is 18.2 Å². The van der Waals surface area contributed by atoms with Crippen LogP contribution in [0.1, 0.15) is 25.3 Å². The molecule has 0 aliphatic heterocycles. The van der Waals surface area contributed by atoms with Crippen LogP contribution >= 0.6 is 11.6 Å². The van der Waals surface area contributed by atoms with E-state index in [1.54, 1.807) is 6.07 Å². The van der Waals surface area contributed by atoms with Crippen LogP contribution in [0.2, 0.25) is 5.02 Å². The van der Waals surface area contributed by atoms with Gasteiger partial charge in [0.1, 0.15) is 5.75 Å². The standard InChI is InChI=1S/C11H15ClO2/c1-3-14-9-4-5-11(12)10(6-9)8(2)7-13/h4-6,8,13H,3,7H2,1-2H3. The second kappa shape index (κ2) is 5.23. The Hall–Kier alpha value is -0.730. The van der Waals surface area contributed by atoms with Crippen molar-refractivity contribution >= 4 is 11.6 Å². The molecule has 0 saturated heterocycles. The van der Waals surface area contributed by atoms with Gasteiger partial charge in [-0.2, -0.15) is 0 Å². The van der Waals surface area contributed by atoms with Crippen LogP contribution < -0.4 is 4.74 Å². The lowest BCUT2D eigenvalue weighted by Gasteiger charge is -2.12. The summed E-state index contributed by atoms with van der Waals surface area (Å²) in [4.78, 5) is 0. The van der Waals surface area contributed by atoms with Crippen molar-refractivity contribution in [3.8, 4) is 5.75 Å². The third kappa shape index (κ3) is 2.63. The summed E-state index contributed by atoms with van der Waals surface area (Å²) in [6, 6.07) is 5.51. The monoisotopic (exact) mass is 214 g/mol. The number of hydrogen-bond acceptors (Lipinski definition) is 2. The molecule has 0 radical (unpaired) electrons. The summed E-state index contributed by atoms with van der Waals surface area (Å²) in [5.41, 5.74) is 0.931. The molecule has 0 aliphatic carbocycles. The van der Waals surface area contributed by atoms with Gasteiger partial charge in [-0.05, 0) is 30.7 Å². The van der Waals surface area contributed by atoms with Crippen LogP contribution in [0.4, 0.5) is 0 Å². The van der Waals surface area contributed by atoms with Gasteiger partial charge in [-0.1, -0.05) is 18.5 Å². The molecule has 1 unspecified atom stereocenters. The van der Waals surface area contributed by atoms with Gasteiger partial charge in [0.15, 0.2) is 0 Å². The minimum absolute atomic E-state index is 0.0444. The minimum Gasteiger partial charge on any atom is -0.494 e. The predicted octanol–water partition coefficient (Wildman–Crippen LogP) is 2.83. The van der Waals surface area contributed by atoms with E-state index in [1.807, 2.05) is 26.0 Å². The van der Waals surface area contributed by atoms with E-state index in [-0.39, 0.29) is 12.5 Å². The fourth-order valence-corrected chi connectivity index (χ4v) is 1.56. The Bertz CT molecular complexity index is 299. The molecule has 1 aromatic carbocycles.